The number of imide groups is 1. The zero-order valence-electron chi connectivity index (χ0n) is 44.8. The number of aromatic nitrogens is 5. The highest BCUT2D eigenvalue weighted by Crippen LogP contribution is 2.45. The van der Waals surface area contributed by atoms with Gasteiger partial charge in [0.1, 0.15) is 36.1 Å². The van der Waals surface area contributed by atoms with Crippen LogP contribution in [-0.2, 0) is 21.4 Å². The molecule has 6 aromatic rings. The number of hydrogen-bond acceptors (Lipinski definition) is 13. The molecular formula is C60H64F2N12O6. The fourth-order valence-electron chi connectivity index (χ4n) is 14.2. The van der Waals surface area contributed by atoms with Crippen molar-refractivity contribution in [3.8, 4) is 29.6 Å². The molecule has 6 aliphatic heterocycles. The number of likely N-dealkylation sites (tertiary alicyclic amines) is 1. The van der Waals surface area contributed by atoms with Crippen molar-refractivity contribution in [3.05, 3.63) is 89.6 Å². The molecule has 20 heteroatoms. The first-order chi connectivity index (χ1) is 38.8. The molecule has 2 unspecified atom stereocenters. The highest BCUT2D eigenvalue weighted by atomic mass is 19.1. The summed E-state index contributed by atoms with van der Waals surface area (Å²) in [6.45, 7) is 8.36. The van der Waals surface area contributed by atoms with Gasteiger partial charge >= 0.3 is 18.1 Å². The lowest BCUT2D eigenvalue weighted by molar-refractivity contribution is -0.137. The van der Waals surface area contributed by atoms with Crippen molar-refractivity contribution < 1.29 is 37.4 Å². The number of terminal acetylenes is 1. The summed E-state index contributed by atoms with van der Waals surface area (Å²) in [6.07, 6.45) is 15.9. The van der Waals surface area contributed by atoms with E-state index in [0.717, 1.165) is 55.0 Å². The number of piperazine rings is 1. The molecule has 3 aromatic carbocycles. The summed E-state index contributed by atoms with van der Waals surface area (Å²) in [5.74, 6) is 2.36. The Hall–Kier alpha value is -7.76. The number of benzene rings is 3. The minimum absolute atomic E-state index is 0.00467. The lowest BCUT2D eigenvalue weighted by atomic mass is 9.84. The van der Waals surface area contributed by atoms with Crippen molar-refractivity contribution in [1.29, 1.82) is 0 Å². The third-order valence-electron chi connectivity index (χ3n) is 18.2. The minimum Gasteiger partial charge on any atom is -0.461 e. The van der Waals surface area contributed by atoms with E-state index in [1.165, 1.54) is 16.5 Å². The van der Waals surface area contributed by atoms with E-state index < -0.39 is 29.3 Å². The van der Waals surface area contributed by atoms with Gasteiger partial charge in [-0.25, -0.2) is 18.4 Å². The number of alkyl carbamates (subject to hydrolysis) is 1. The molecular weight excluding hydrogens is 1020 g/mol. The number of anilines is 2. The number of aryl methyl sites for hydroxylation is 1. The number of halogens is 2. The highest BCUT2D eigenvalue weighted by molar-refractivity contribution is 6.09. The Morgan fingerprint density at radius 3 is 2.51 bits per heavy atom. The van der Waals surface area contributed by atoms with Crippen molar-refractivity contribution in [3.63, 3.8) is 0 Å². The monoisotopic (exact) mass is 1090 g/mol. The summed E-state index contributed by atoms with van der Waals surface area (Å²) >= 11 is 0. The summed E-state index contributed by atoms with van der Waals surface area (Å²) in [7, 11) is 1.86. The van der Waals surface area contributed by atoms with Gasteiger partial charge in [-0.3, -0.25) is 34.4 Å². The zero-order valence-corrected chi connectivity index (χ0v) is 44.8. The first kappa shape index (κ1) is 51.7. The molecule has 9 heterocycles. The second kappa shape index (κ2) is 20.7. The van der Waals surface area contributed by atoms with E-state index in [9.17, 15) is 19.2 Å². The van der Waals surface area contributed by atoms with Gasteiger partial charge in [-0.2, -0.15) is 15.1 Å². The number of hydrogen-bond donors (Lipinski definition) is 3. The lowest BCUT2D eigenvalue weighted by Gasteiger charge is -2.36. The quantitative estimate of drug-likeness (QED) is 0.0849. The number of carbonyl (C=O) groups is 4. The fraction of sp³-hybridized carbons (Fsp3) is 0.467. The third kappa shape index (κ3) is 9.40. The summed E-state index contributed by atoms with van der Waals surface area (Å²) in [6, 6.07) is 14.4. The van der Waals surface area contributed by atoms with Crippen molar-refractivity contribution >= 4 is 68.2 Å². The molecule has 1 aliphatic carbocycles. The molecule has 4 atom stereocenters. The Morgan fingerprint density at radius 2 is 1.74 bits per heavy atom. The van der Waals surface area contributed by atoms with Gasteiger partial charge in [-0.15, -0.1) is 6.42 Å². The number of carbonyl (C=O) groups excluding carboxylic acids is 4. The number of pyridine rings is 1. The molecule has 13 rings (SSSR count). The van der Waals surface area contributed by atoms with Gasteiger partial charge in [0.25, 0.3) is 0 Å². The first-order valence-electron chi connectivity index (χ1n) is 28.2. The lowest BCUT2D eigenvalue weighted by Crippen LogP contribution is -2.51. The maximum Gasteiger partial charge on any atom is 0.407 e. The molecule has 6 saturated heterocycles. The molecule has 1 saturated carbocycles. The molecule has 0 spiro atoms. The number of rotatable bonds is 11. The average molecular weight is 1090 g/mol. The van der Waals surface area contributed by atoms with E-state index in [2.05, 4.69) is 60.5 Å². The van der Waals surface area contributed by atoms with Crippen LogP contribution in [0, 0.1) is 29.9 Å². The summed E-state index contributed by atoms with van der Waals surface area (Å²) < 4.78 is 46.7. The van der Waals surface area contributed by atoms with Gasteiger partial charge in [0.2, 0.25) is 11.8 Å². The molecule has 414 valence electrons. The summed E-state index contributed by atoms with van der Waals surface area (Å²) in [5.41, 5.74) is 3.09. The van der Waals surface area contributed by atoms with Gasteiger partial charge in [-0.05, 0) is 106 Å². The Kier molecular flexibility index (Phi) is 13.4. The normalized spacial score (nSPS) is 25.4. The van der Waals surface area contributed by atoms with Crippen molar-refractivity contribution in [2.45, 2.75) is 113 Å². The maximum atomic E-state index is 17.3. The second-order valence-corrected chi connectivity index (χ2v) is 23.2. The largest absolute Gasteiger partial charge is 0.461 e. The Morgan fingerprint density at radius 1 is 0.938 bits per heavy atom. The summed E-state index contributed by atoms with van der Waals surface area (Å²) in [5, 5.41) is 16.1. The number of nitrogens with zero attached hydrogens (tertiary/aromatic N) is 9. The van der Waals surface area contributed by atoms with E-state index in [1.807, 2.05) is 18.0 Å². The number of urea groups is 1. The van der Waals surface area contributed by atoms with Crippen LogP contribution in [0.25, 0.3) is 43.8 Å². The van der Waals surface area contributed by atoms with E-state index in [4.69, 9.17) is 25.9 Å². The second-order valence-electron chi connectivity index (χ2n) is 23.2. The summed E-state index contributed by atoms with van der Waals surface area (Å²) in [4.78, 5) is 73.9. The average Bonchev–Trinajstić information content (AvgIpc) is 4.23. The van der Waals surface area contributed by atoms with Crippen LogP contribution in [0.1, 0.15) is 94.1 Å². The zero-order chi connectivity index (χ0) is 55.0. The highest BCUT2D eigenvalue weighted by Gasteiger charge is 2.52. The van der Waals surface area contributed by atoms with E-state index in [0.29, 0.717) is 98.2 Å². The SMILES string of the molecule is C#Cc1c(F)ccc2cccc(-c3ncc4c(N5CC6CCC(C5)N6)nc(OC[C@@]56CC[C@@H](COC(=O)NC7CCC(C(=O)N8CCC(c9ccc%10c(N%11CCC(=O)NC%11=O)nn(C)c%10c9)CC8)CC7)N5CC(=C)C6)nc4c3F)c12. The van der Waals surface area contributed by atoms with Crippen molar-refractivity contribution in [2.75, 3.05) is 62.3 Å². The number of amides is 5. The van der Waals surface area contributed by atoms with Crippen LogP contribution in [-0.4, -0.2) is 141 Å². The third-order valence-corrected chi connectivity index (χ3v) is 18.2. The maximum absolute atomic E-state index is 17.3. The Balaban J connectivity index is 0.623. The smallest absolute Gasteiger partial charge is 0.407 e. The standard InChI is InChI=1S/C60H64F2N12O6/c1-4-43-47(61)17-11-36-6-5-7-45(50(36)43)52-51(62)53-46(28-63-52)54(72-30-40-14-15-41(31-72)64-40)68-57(67-53)80-33-60-22-18-42(74(60)29-34(2)27-60)32-79-59(78)65-39-12-8-37(9-13-39)56(76)71-23-19-35(20-24-71)38-10-16-44-48(26-38)70(3)69-55(44)73-25-21-49(75)66-58(73)77/h1,5-7,10-11,16-17,26,28,35,37,39-42,64H,2,8-9,12-15,18-25,27,29-33H2,3H3,(H,65,78)(H,66,75,77)/t37?,39?,40?,41?,42-,60-/m0/s1. The van der Waals surface area contributed by atoms with Crippen LogP contribution in [0.3, 0.4) is 0 Å². The fourth-order valence-corrected chi connectivity index (χ4v) is 14.2. The van der Waals surface area contributed by atoms with Crippen molar-refractivity contribution in [1.82, 2.24) is 50.5 Å². The molecule has 18 nitrogen and oxygen atoms in total. The van der Waals surface area contributed by atoms with Crippen LogP contribution in [0.5, 0.6) is 6.01 Å². The molecule has 5 amide bonds. The van der Waals surface area contributed by atoms with Crippen LogP contribution in [0.4, 0.5) is 30.0 Å². The number of piperidine rings is 1. The van der Waals surface area contributed by atoms with Crippen molar-refractivity contribution in [2.24, 2.45) is 13.0 Å². The van der Waals surface area contributed by atoms with Crippen LogP contribution >= 0.6 is 0 Å². The van der Waals surface area contributed by atoms with E-state index in [1.54, 1.807) is 35.1 Å². The van der Waals surface area contributed by atoms with Gasteiger partial charge in [0.15, 0.2) is 11.6 Å². The number of ether oxygens (including phenoxy) is 2. The molecule has 3 aromatic heterocycles. The molecule has 7 aliphatic rings. The van der Waals surface area contributed by atoms with Gasteiger partial charge in [0, 0.05) is 105 Å². The van der Waals surface area contributed by atoms with E-state index >= 15 is 8.78 Å². The topological polar surface area (TPSA) is 192 Å². The van der Waals surface area contributed by atoms with Gasteiger partial charge < -0.3 is 29.9 Å². The molecule has 7 fully saturated rings. The predicted molar refractivity (Wildman–Crippen MR) is 297 cm³/mol. The molecule has 2 bridgehead atoms. The number of fused-ring (bicyclic) bond motifs is 6. The van der Waals surface area contributed by atoms with Crippen LogP contribution < -0.4 is 30.5 Å². The Bertz CT molecular complexity index is 3560. The van der Waals surface area contributed by atoms with Gasteiger partial charge in [-0.1, -0.05) is 48.4 Å². The van der Waals surface area contributed by atoms with E-state index in [-0.39, 0.29) is 96.8 Å². The first-order valence-corrected chi connectivity index (χ1v) is 28.2. The predicted octanol–water partition coefficient (Wildman–Crippen LogP) is 7.61. The molecule has 3 N–H and O–H groups in total. The molecule has 0 radical (unpaired) electrons. The minimum atomic E-state index is -0.685. The number of nitrogens with one attached hydrogen (secondary N) is 3. The Labute approximate surface area is 461 Å². The van der Waals surface area contributed by atoms with Crippen LogP contribution in [0.2, 0.25) is 0 Å². The van der Waals surface area contributed by atoms with Crippen LogP contribution in [0.15, 0.2) is 66.9 Å². The van der Waals surface area contributed by atoms with Gasteiger partial charge in [0.05, 0.1) is 22.0 Å². The molecule has 80 heavy (non-hydrogen) atoms.